The van der Waals surface area contributed by atoms with Gasteiger partial charge in [-0.05, 0) is 35.9 Å². The number of anilines is 1. The molecule has 106 valence electrons. The fourth-order valence-corrected chi connectivity index (χ4v) is 2.41. The lowest BCUT2D eigenvalue weighted by atomic mass is 10.1. The summed E-state index contributed by atoms with van der Waals surface area (Å²) in [6.07, 6.45) is 0.580. The molecule has 0 radical (unpaired) electrons. The normalized spacial score (nSPS) is 10.7. The Kier molecular flexibility index (Phi) is 3.62. The van der Waals surface area contributed by atoms with Crippen molar-refractivity contribution in [3.05, 3.63) is 58.3 Å². The van der Waals surface area contributed by atoms with Crippen molar-refractivity contribution in [3.8, 4) is 17.2 Å². The van der Waals surface area contributed by atoms with Crippen LogP contribution in [0.2, 0.25) is 0 Å². The zero-order valence-corrected chi connectivity index (χ0v) is 12.5. The summed E-state index contributed by atoms with van der Waals surface area (Å²) in [6, 6.07) is 12.7. The molecule has 6 heteroatoms. The van der Waals surface area contributed by atoms with Gasteiger partial charge in [0.05, 0.1) is 5.69 Å². The first-order valence-corrected chi connectivity index (χ1v) is 7.07. The first-order chi connectivity index (χ1) is 10.1. The van der Waals surface area contributed by atoms with Gasteiger partial charge in [0.1, 0.15) is 5.75 Å². The van der Waals surface area contributed by atoms with Gasteiger partial charge < -0.3 is 15.4 Å². The van der Waals surface area contributed by atoms with E-state index in [1.165, 1.54) is 6.07 Å². The van der Waals surface area contributed by atoms with Crippen molar-refractivity contribution >= 4 is 21.6 Å². The van der Waals surface area contributed by atoms with E-state index >= 15 is 0 Å². The molecule has 0 aliphatic heterocycles. The molecule has 1 aromatic heterocycles. The third-order valence-electron chi connectivity index (χ3n) is 2.99. The molecule has 2 aromatic carbocycles. The van der Waals surface area contributed by atoms with Crippen molar-refractivity contribution in [2.24, 2.45) is 0 Å². The highest BCUT2D eigenvalue weighted by molar-refractivity contribution is 9.10. The van der Waals surface area contributed by atoms with E-state index < -0.39 is 0 Å². The van der Waals surface area contributed by atoms with Gasteiger partial charge >= 0.3 is 0 Å². The maximum atomic E-state index is 9.42. The Morgan fingerprint density at radius 2 is 2.05 bits per heavy atom. The van der Waals surface area contributed by atoms with Gasteiger partial charge in [-0.3, -0.25) is 0 Å². The number of aromatic hydroxyl groups is 1. The molecule has 0 aliphatic rings. The minimum absolute atomic E-state index is 0.0348. The standard InChI is InChI=1S/C15H12BrN3O2/c16-11-3-1-2-9(6-11)7-14-18-15(21-19-14)10-4-5-13(20)12(17)8-10/h1-6,8,20H,7,17H2. The van der Waals surface area contributed by atoms with Crippen LogP contribution in [0.15, 0.2) is 51.5 Å². The number of rotatable bonds is 3. The monoisotopic (exact) mass is 345 g/mol. The van der Waals surface area contributed by atoms with Crippen LogP contribution in [0.25, 0.3) is 11.5 Å². The molecule has 1 heterocycles. The van der Waals surface area contributed by atoms with Crippen LogP contribution in [0.3, 0.4) is 0 Å². The Bertz CT molecular complexity index is 786. The molecule has 5 nitrogen and oxygen atoms in total. The van der Waals surface area contributed by atoms with Gasteiger partial charge in [-0.25, -0.2) is 0 Å². The first kappa shape index (κ1) is 13.6. The van der Waals surface area contributed by atoms with Gasteiger partial charge in [0, 0.05) is 16.5 Å². The Balaban J connectivity index is 1.84. The number of phenolic OH excluding ortho intramolecular Hbond substituents is 1. The fourth-order valence-electron chi connectivity index (χ4n) is 1.96. The number of hydrogen-bond acceptors (Lipinski definition) is 5. The van der Waals surface area contributed by atoms with Crippen molar-refractivity contribution < 1.29 is 9.63 Å². The molecular weight excluding hydrogens is 334 g/mol. The molecular formula is C15H12BrN3O2. The molecule has 3 aromatic rings. The van der Waals surface area contributed by atoms with E-state index in [0.717, 1.165) is 10.0 Å². The van der Waals surface area contributed by atoms with E-state index in [4.69, 9.17) is 10.3 Å². The largest absolute Gasteiger partial charge is 0.506 e. The van der Waals surface area contributed by atoms with Gasteiger partial charge in [0.2, 0.25) is 0 Å². The summed E-state index contributed by atoms with van der Waals surface area (Å²) >= 11 is 3.43. The highest BCUT2D eigenvalue weighted by atomic mass is 79.9. The van der Waals surface area contributed by atoms with Gasteiger partial charge in [0.15, 0.2) is 5.82 Å². The van der Waals surface area contributed by atoms with E-state index in [0.29, 0.717) is 23.7 Å². The van der Waals surface area contributed by atoms with E-state index in [-0.39, 0.29) is 11.4 Å². The second kappa shape index (κ2) is 5.57. The summed E-state index contributed by atoms with van der Waals surface area (Å²) in [5, 5.41) is 13.4. The first-order valence-electron chi connectivity index (χ1n) is 6.28. The fraction of sp³-hybridized carbons (Fsp3) is 0.0667. The van der Waals surface area contributed by atoms with Gasteiger partial charge in [-0.1, -0.05) is 33.2 Å². The number of phenols is 1. The average molecular weight is 346 g/mol. The lowest BCUT2D eigenvalue weighted by Gasteiger charge is -1.99. The number of halogens is 1. The molecule has 0 aliphatic carbocycles. The minimum atomic E-state index is 0.0348. The highest BCUT2D eigenvalue weighted by Crippen LogP contribution is 2.26. The van der Waals surface area contributed by atoms with Crippen molar-refractivity contribution in [1.82, 2.24) is 10.1 Å². The molecule has 0 fully saturated rings. The lowest BCUT2D eigenvalue weighted by molar-refractivity contribution is 0.424. The van der Waals surface area contributed by atoms with Crippen molar-refractivity contribution in [1.29, 1.82) is 0 Å². The number of nitrogens with zero attached hydrogens (tertiary/aromatic N) is 2. The van der Waals surface area contributed by atoms with Crippen LogP contribution >= 0.6 is 15.9 Å². The van der Waals surface area contributed by atoms with Crippen LogP contribution in [0, 0.1) is 0 Å². The van der Waals surface area contributed by atoms with Gasteiger partial charge in [0.25, 0.3) is 5.89 Å². The third kappa shape index (κ3) is 3.05. The molecule has 0 saturated carbocycles. The molecule has 21 heavy (non-hydrogen) atoms. The molecule has 3 rings (SSSR count). The molecule has 0 unspecified atom stereocenters. The number of nitrogen functional groups attached to an aromatic ring is 1. The quantitative estimate of drug-likeness (QED) is 0.561. The molecule has 0 atom stereocenters. The third-order valence-corrected chi connectivity index (χ3v) is 3.49. The summed E-state index contributed by atoms with van der Waals surface area (Å²) < 4.78 is 6.25. The number of nitrogens with two attached hydrogens (primary N) is 1. The van der Waals surface area contributed by atoms with Crippen molar-refractivity contribution in [3.63, 3.8) is 0 Å². The molecule has 0 amide bonds. The predicted molar refractivity (Wildman–Crippen MR) is 82.8 cm³/mol. The average Bonchev–Trinajstić information content (AvgIpc) is 2.90. The Morgan fingerprint density at radius 1 is 1.19 bits per heavy atom. The zero-order chi connectivity index (χ0) is 14.8. The van der Waals surface area contributed by atoms with E-state index in [9.17, 15) is 5.11 Å². The number of aromatic nitrogens is 2. The number of benzene rings is 2. The lowest BCUT2D eigenvalue weighted by Crippen LogP contribution is -1.91. The smallest absolute Gasteiger partial charge is 0.258 e. The van der Waals surface area contributed by atoms with E-state index in [1.807, 2.05) is 24.3 Å². The van der Waals surface area contributed by atoms with Crippen molar-refractivity contribution in [2.75, 3.05) is 5.73 Å². The Labute approximate surface area is 129 Å². The van der Waals surface area contributed by atoms with Crippen molar-refractivity contribution in [2.45, 2.75) is 6.42 Å². The Morgan fingerprint density at radius 3 is 2.81 bits per heavy atom. The van der Waals surface area contributed by atoms with Crippen LogP contribution in [0.4, 0.5) is 5.69 Å². The summed E-state index contributed by atoms with van der Waals surface area (Å²) in [7, 11) is 0. The van der Waals surface area contributed by atoms with Crippen LogP contribution in [0.5, 0.6) is 5.75 Å². The second-order valence-electron chi connectivity index (χ2n) is 4.60. The van der Waals surface area contributed by atoms with Crippen LogP contribution in [-0.4, -0.2) is 15.2 Å². The molecule has 3 N–H and O–H groups in total. The van der Waals surface area contributed by atoms with Crippen LogP contribution < -0.4 is 5.73 Å². The van der Waals surface area contributed by atoms with E-state index in [2.05, 4.69) is 26.1 Å². The maximum absolute atomic E-state index is 9.42. The summed E-state index contributed by atoms with van der Waals surface area (Å²) in [4.78, 5) is 4.35. The minimum Gasteiger partial charge on any atom is -0.506 e. The Hall–Kier alpha value is -2.34. The van der Waals surface area contributed by atoms with Crippen LogP contribution in [-0.2, 0) is 6.42 Å². The van der Waals surface area contributed by atoms with Gasteiger partial charge in [-0.2, -0.15) is 4.98 Å². The summed E-state index contributed by atoms with van der Waals surface area (Å²) in [5.74, 6) is 1.01. The van der Waals surface area contributed by atoms with Gasteiger partial charge in [-0.15, -0.1) is 0 Å². The molecule has 0 spiro atoms. The SMILES string of the molecule is Nc1cc(-c2nc(Cc3cccc(Br)c3)no2)ccc1O. The number of hydrogen-bond donors (Lipinski definition) is 2. The molecule has 0 bridgehead atoms. The highest BCUT2D eigenvalue weighted by Gasteiger charge is 2.11. The van der Waals surface area contributed by atoms with Crippen LogP contribution in [0.1, 0.15) is 11.4 Å². The summed E-state index contributed by atoms with van der Waals surface area (Å²) in [5.41, 5.74) is 7.70. The second-order valence-corrected chi connectivity index (χ2v) is 5.51. The topological polar surface area (TPSA) is 85.2 Å². The van der Waals surface area contributed by atoms with E-state index in [1.54, 1.807) is 12.1 Å². The zero-order valence-electron chi connectivity index (χ0n) is 11.0. The molecule has 0 saturated heterocycles. The predicted octanol–water partition coefficient (Wildman–Crippen LogP) is 3.38. The maximum Gasteiger partial charge on any atom is 0.258 e. The summed E-state index contributed by atoms with van der Waals surface area (Å²) in [6.45, 7) is 0.